The Morgan fingerprint density at radius 2 is 2.00 bits per heavy atom. The third kappa shape index (κ3) is 7.36. The van der Waals surface area contributed by atoms with Crippen LogP contribution in [0.3, 0.4) is 0 Å². The van der Waals surface area contributed by atoms with Crippen molar-refractivity contribution in [2.75, 3.05) is 31.6 Å². The molecule has 0 bridgehead atoms. The van der Waals surface area contributed by atoms with E-state index >= 15 is 0 Å². The third-order valence-electron chi connectivity index (χ3n) is 2.74. The lowest BCUT2D eigenvalue weighted by molar-refractivity contribution is -0.119. The Kier molecular flexibility index (Phi) is 8.83. The van der Waals surface area contributed by atoms with Crippen molar-refractivity contribution < 1.29 is 9.53 Å². The molecule has 0 spiro atoms. The average molecular weight is 299 g/mol. The van der Waals surface area contributed by atoms with Gasteiger partial charge in [-0.15, -0.1) is 0 Å². The van der Waals surface area contributed by atoms with Crippen LogP contribution < -0.4 is 10.6 Å². The maximum Gasteiger partial charge on any atom is 0.239 e. The highest BCUT2D eigenvalue weighted by molar-refractivity contribution is 6.33. The van der Waals surface area contributed by atoms with Crippen LogP contribution in [0.1, 0.15) is 26.2 Å². The van der Waals surface area contributed by atoms with Crippen molar-refractivity contribution in [3.8, 4) is 0 Å². The van der Waals surface area contributed by atoms with Crippen molar-refractivity contribution in [3.63, 3.8) is 0 Å². The van der Waals surface area contributed by atoms with Gasteiger partial charge in [-0.3, -0.25) is 4.79 Å². The number of anilines is 1. The zero-order chi connectivity index (χ0) is 14.6. The number of benzene rings is 1. The minimum atomic E-state index is -0.0431. The molecule has 0 unspecified atom stereocenters. The van der Waals surface area contributed by atoms with Gasteiger partial charge in [0.15, 0.2) is 0 Å². The summed E-state index contributed by atoms with van der Waals surface area (Å²) in [6, 6.07) is 7.36. The molecule has 1 aromatic carbocycles. The summed E-state index contributed by atoms with van der Waals surface area (Å²) in [5.41, 5.74) is 0.771. The second kappa shape index (κ2) is 10.5. The van der Waals surface area contributed by atoms with Crippen LogP contribution in [0.4, 0.5) is 5.69 Å². The molecule has 0 radical (unpaired) electrons. The summed E-state index contributed by atoms with van der Waals surface area (Å²) < 4.78 is 5.42. The fourth-order valence-corrected chi connectivity index (χ4v) is 1.80. The second-order valence-corrected chi connectivity index (χ2v) is 4.91. The van der Waals surface area contributed by atoms with E-state index in [-0.39, 0.29) is 12.5 Å². The van der Waals surface area contributed by atoms with E-state index in [0.29, 0.717) is 18.2 Å². The molecule has 0 aromatic heterocycles. The van der Waals surface area contributed by atoms with Gasteiger partial charge in [0.25, 0.3) is 0 Å². The van der Waals surface area contributed by atoms with Crippen LogP contribution in [0.5, 0.6) is 0 Å². The SMILES string of the molecule is CCCCOCCCNC(=O)CNc1ccccc1Cl. The standard InChI is InChI=1S/C15H23ClN2O2/c1-2-3-10-20-11-6-9-17-15(19)12-18-14-8-5-4-7-13(14)16/h4-5,7-8,18H,2-3,6,9-12H2,1H3,(H,17,19). The predicted molar refractivity (Wildman–Crippen MR) is 83.3 cm³/mol. The van der Waals surface area contributed by atoms with E-state index in [1.54, 1.807) is 6.07 Å². The lowest BCUT2D eigenvalue weighted by Crippen LogP contribution is -2.31. The van der Waals surface area contributed by atoms with E-state index in [1.165, 1.54) is 0 Å². The van der Waals surface area contributed by atoms with E-state index in [0.717, 1.165) is 31.6 Å². The molecule has 0 aliphatic carbocycles. The topological polar surface area (TPSA) is 50.4 Å². The highest BCUT2D eigenvalue weighted by Crippen LogP contribution is 2.19. The number of halogens is 1. The number of amides is 1. The summed E-state index contributed by atoms with van der Waals surface area (Å²) in [6.07, 6.45) is 3.07. The zero-order valence-electron chi connectivity index (χ0n) is 12.0. The molecular weight excluding hydrogens is 276 g/mol. The molecule has 0 atom stereocenters. The van der Waals surface area contributed by atoms with Crippen molar-refractivity contribution in [3.05, 3.63) is 29.3 Å². The van der Waals surface area contributed by atoms with Crippen LogP contribution in [0.15, 0.2) is 24.3 Å². The van der Waals surface area contributed by atoms with Crippen LogP contribution >= 0.6 is 11.6 Å². The van der Waals surface area contributed by atoms with Gasteiger partial charge in [-0.2, -0.15) is 0 Å². The highest BCUT2D eigenvalue weighted by Gasteiger charge is 2.02. The fraction of sp³-hybridized carbons (Fsp3) is 0.533. The molecule has 0 aliphatic heterocycles. The average Bonchev–Trinajstić information content (AvgIpc) is 2.45. The number of para-hydroxylation sites is 1. The first kappa shape index (κ1) is 16.8. The molecule has 1 rings (SSSR count). The van der Waals surface area contributed by atoms with Crippen LogP contribution in [0.25, 0.3) is 0 Å². The van der Waals surface area contributed by atoms with Gasteiger partial charge in [0.2, 0.25) is 5.91 Å². The lowest BCUT2D eigenvalue weighted by atomic mass is 10.3. The smallest absolute Gasteiger partial charge is 0.239 e. The van der Waals surface area contributed by atoms with Crippen LogP contribution in [0.2, 0.25) is 5.02 Å². The summed E-state index contributed by atoms with van der Waals surface area (Å²) in [5, 5.41) is 6.46. The minimum Gasteiger partial charge on any atom is -0.381 e. The van der Waals surface area contributed by atoms with E-state index in [4.69, 9.17) is 16.3 Å². The molecule has 20 heavy (non-hydrogen) atoms. The van der Waals surface area contributed by atoms with E-state index in [2.05, 4.69) is 17.6 Å². The summed E-state index contributed by atoms with van der Waals surface area (Å²) in [6.45, 7) is 4.49. The van der Waals surface area contributed by atoms with Gasteiger partial charge in [-0.05, 0) is 25.0 Å². The Morgan fingerprint density at radius 1 is 1.25 bits per heavy atom. The molecule has 0 saturated heterocycles. The molecule has 112 valence electrons. The second-order valence-electron chi connectivity index (χ2n) is 4.50. The number of rotatable bonds is 10. The van der Waals surface area contributed by atoms with Gasteiger partial charge in [-0.25, -0.2) is 0 Å². The monoisotopic (exact) mass is 298 g/mol. The molecule has 4 nitrogen and oxygen atoms in total. The Labute approximate surface area is 125 Å². The van der Waals surface area contributed by atoms with E-state index < -0.39 is 0 Å². The van der Waals surface area contributed by atoms with E-state index in [9.17, 15) is 4.79 Å². The number of hydrogen-bond donors (Lipinski definition) is 2. The molecule has 2 N–H and O–H groups in total. The first-order chi connectivity index (χ1) is 9.74. The Morgan fingerprint density at radius 3 is 2.75 bits per heavy atom. The van der Waals surface area contributed by atoms with E-state index in [1.807, 2.05) is 18.2 Å². The zero-order valence-corrected chi connectivity index (χ0v) is 12.7. The quantitative estimate of drug-likeness (QED) is 0.653. The number of ether oxygens (including phenoxy) is 1. The summed E-state index contributed by atoms with van der Waals surface area (Å²) in [4.78, 5) is 11.6. The molecular formula is C15H23ClN2O2. The van der Waals surface area contributed by atoms with Gasteiger partial charge in [0.1, 0.15) is 0 Å². The molecule has 5 heteroatoms. The maximum atomic E-state index is 11.6. The molecule has 0 fully saturated rings. The molecule has 0 aliphatic rings. The highest BCUT2D eigenvalue weighted by atomic mass is 35.5. The first-order valence-corrected chi connectivity index (χ1v) is 7.44. The number of carbonyl (C=O) groups is 1. The summed E-state index contributed by atoms with van der Waals surface area (Å²) in [5.74, 6) is -0.0431. The number of carbonyl (C=O) groups excluding carboxylic acids is 1. The summed E-state index contributed by atoms with van der Waals surface area (Å²) >= 11 is 5.98. The Hall–Kier alpha value is -1.26. The third-order valence-corrected chi connectivity index (χ3v) is 3.07. The summed E-state index contributed by atoms with van der Waals surface area (Å²) in [7, 11) is 0. The lowest BCUT2D eigenvalue weighted by Gasteiger charge is -2.09. The first-order valence-electron chi connectivity index (χ1n) is 7.07. The van der Waals surface area contributed by atoms with Gasteiger partial charge in [-0.1, -0.05) is 37.1 Å². The van der Waals surface area contributed by atoms with Gasteiger partial charge >= 0.3 is 0 Å². The largest absolute Gasteiger partial charge is 0.381 e. The van der Waals surface area contributed by atoms with Crippen LogP contribution in [0, 0.1) is 0 Å². The van der Waals surface area contributed by atoms with Crippen molar-refractivity contribution in [1.82, 2.24) is 5.32 Å². The van der Waals surface area contributed by atoms with Gasteiger partial charge in [0, 0.05) is 19.8 Å². The maximum absolute atomic E-state index is 11.6. The predicted octanol–water partition coefficient (Wildman–Crippen LogP) is 3.07. The van der Waals surface area contributed by atoms with Crippen LogP contribution in [-0.2, 0) is 9.53 Å². The molecule has 1 aromatic rings. The van der Waals surface area contributed by atoms with Gasteiger partial charge < -0.3 is 15.4 Å². The molecule has 0 saturated carbocycles. The number of unbranched alkanes of at least 4 members (excludes halogenated alkanes) is 1. The fourth-order valence-electron chi connectivity index (χ4n) is 1.59. The van der Waals surface area contributed by atoms with Crippen molar-refractivity contribution in [1.29, 1.82) is 0 Å². The Balaban J connectivity index is 2.05. The van der Waals surface area contributed by atoms with Crippen molar-refractivity contribution >= 4 is 23.2 Å². The minimum absolute atomic E-state index is 0.0431. The number of hydrogen-bond acceptors (Lipinski definition) is 3. The van der Waals surface area contributed by atoms with Crippen molar-refractivity contribution in [2.24, 2.45) is 0 Å². The normalized spacial score (nSPS) is 10.3. The molecule has 1 amide bonds. The van der Waals surface area contributed by atoms with Gasteiger partial charge in [0.05, 0.1) is 17.3 Å². The van der Waals surface area contributed by atoms with Crippen molar-refractivity contribution in [2.45, 2.75) is 26.2 Å². The molecule has 0 heterocycles. The number of nitrogens with one attached hydrogen (secondary N) is 2. The van der Waals surface area contributed by atoms with Crippen LogP contribution in [-0.4, -0.2) is 32.2 Å². The Bertz CT molecular complexity index is 399.